The molecule has 0 saturated carbocycles. The number of carbonyl (C=O) groups is 1. The van der Waals surface area contributed by atoms with Crippen molar-refractivity contribution < 1.29 is 9.53 Å². The molecular weight excluding hydrogens is 296 g/mol. The van der Waals surface area contributed by atoms with Crippen molar-refractivity contribution in [2.24, 2.45) is 11.8 Å². The fourth-order valence-corrected chi connectivity index (χ4v) is 2.90. The van der Waals surface area contributed by atoms with Gasteiger partial charge in [0.15, 0.2) is 0 Å². The molecule has 2 nitrogen and oxygen atoms in total. The monoisotopic (exact) mass is 330 g/mol. The normalized spacial score (nSPS) is 31.7. The minimum absolute atomic E-state index is 0.129. The maximum atomic E-state index is 11.5. The summed E-state index contributed by atoms with van der Waals surface area (Å²) in [5.74, 6) is 0.698. The zero-order valence-electron chi connectivity index (χ0n) is 16.3. The van der Waals surface area contributed by atoms with E-state index in [9.17, 15) is 4.79 Å². The van der Waals surface area contributed by atoms with Crippen LogP contribution < -0.4 is 0 Å². The number of hydrogen-bond donors (Lipinski definition) is 0. The Morgan fingerprint density at radius 1 is 1.17 bits per heavy atom. The SMILES string of the molecule is CC(=O)O[C@@H]1C[C@@H](C(C)C)/C=C/C(C)=C\C/C=C(\C)CC/C=C/1C. The summed E-state index contributed by atoms with van der Waals surface area (Å²) in [6, 6.07) is 0. The van der Waals surface area contributed by atoms with Gasteiger partial charge in [0.05, 0.1) is 0 Å². The van der Waals surface area contributed by atoms with E-state index in [-0.39, 0.29) is 12.1 Å². The fourth-order valence-electron chi connectivity index (χ4n) is 2.90. The molecule has 1 aliphatic rings. The Bertz CT molecular complexity index is 532. The fraction of sp³-hybridized carbons (Fsp3) is 0.591. The molecule has 0 N–H and O–H groups in total. The van der Waals surface area contributed by atoms with Crippen LogP contribution in [0.25, 0.3) is 0 Å². The molecule has 0 aromatic heterocycles. The van der Waals surface area contributed by atoms with Crippen LogP contribution in [0.3, 0.4) is 0 Å². The van der Waals surface area contributed by atoms with Crippen molar-refractivity contribution in [2.75, 3.05) is 0 Å². The van der Waals surface area contributed by atoms with Gasteiger partial charge in [-0.15, -0.1) is 0 Å². The van der Waals surface area contributed by atoms with Crippen molar-refractivity contribution in [1.29, 1.82) is 0 Å². The van der Waals surface area contributed by atoms with E-state index in [4.69, 9.17) is 4.74 Å². The van der Waals surface area contributed by atoms with Gasteiger partial charge in [0, 0.05) is 6.92 Å². The van der Waals surface area contributed by atoms with E-state index >= 15 is 0 Å². The Morgan fingerprint density at radius 3 is 2.50 bits per heavy atom. The molecule has 0 spiro atoms. The predicted octanol–water partition coefficient (Wildman–Crippen LogP) is 6.16. The van der Waals surface area contributed by atoms with Gasteiger partial charge < -0.3 is 4.74 Å². The molecule has 0 unspecified atom stereocenters. The molecule has 1 aliphatic carbocycles. The van der Waals surface area contributed by atoms with Crippen molar-refractivity contribution in [2.45, 2.75) is 73.3 Å². The van der Waals surface area contributed by atoms with Crippen LogP contribution in [0, 0.1) is 11.8 Å². The van der Waals surface area contributed by atoms with Crippen molar-refractivity contribution in [1.82, 2.24) is 0 Å². The number of rotatable bonds is 2. The minimum atomic E-state index is -0.201. The molecule has 24 heavy (non-hydrogen) atoms. The van der Waals surface area contributed by atoms with Gasteiger partial charge in [-0.3, -0.25) is 4.79 Å². The highest BCUT2D eigenvalue weighted by Gasteiger charge is 2.21. The lowest BCUT2D eigenvalue weighted by Gasteiger charge is -2.25. The molecule has 2 heteroatoms. The molecule has 0 aromatic rings. The minimum Gasteiger partial charge on any atom is -0.458 e. The van der Waals surface area contributed by atoms with E-state index in [2.05, 4.69) is 65.0 Å². The first kappa shape index (κ1) is 20.5. The van der Waals surface area contributed by atoms with Gasteiger partial charge in [0.25, 0.3) is 0 Å². The molecule has 0 heterocycles. The number of esters is 1. The van der Waals surface area contributed by atoms with Crippen LogP contribution in [0.1, 0.15) is 67.2 Å². The summed E-state index contributed by atoms with van der Waals surface area (Å²) in [5.41, 5.74) is 3.87. The number of hydrogen-bond acceptors (Lipinski definition) is 2. The molecule has 134 valence electrons. The molecule has 0 saturated heterocycles. The summed E-state index contributed by atoms with van der Waals surface area (Å²) in [6.45, 7) is 12.4. The molecule has 0 aromatic carbocycles. The summed E-state index contributed by atoms with van der Waals surface area (Å²) in [7, 11) is 0. The van der Waals surface area contributed by atoms with Crippen LogP contribution in [0.5, 0.6) is 0 Å². The van der Waals surface area contributed by atoms with E-state index in [1.54, 1.807) is 0 Å². The van der Waals surface area contributed by atoms with Crippen molar-refractivity contribution >= 4 is 5.97 Å². The third kappa shape index (κ3) is 7.81. The zero-order valence-corrected chi connectivity index (χ0v) is 16.3. The van der Waals surface area contributed by atoms with Gasteiger partial charge in [0.2, 0.25) is 0 Å². The number of carbonyl (C=O) groups excluding carboxylic acids is 1. The average Bonchev–Trinajstić information content (AvgIpc) is 2.48. The molecule has 1 rings (SSSR count). The Labute approximate surface area is 148 Å². The van der Waals surface area contributed by atoms with Crippen molar-refractivity contribution in [3.8, 4) is 0 Å². The molecule has 2 atom stereocenters. The third-order valence-electron chi connectivity index (χ3n) is 4.68. The summed E-state index contributed by atoms with van der Waals surface area (Å²) in [5, 5.41) is 0. The van der Waals surface area contributed by atoms with Crippen LogP contribution in [0.15, 0.2) is 47.1 Å². The smallest absolute Gasteiger partial charge is 0.303 e. The zero-order chi connectivity index (χ0) is 18.1. The second kappa shape index (κ2) is 10.3. The van der Waals surface area contributed by atoms with Crippen molar-refractivity contribution in [3.63, 3.8) is 0 Å². The maximum absolute atomic E-state index is 11.5. The van der Waals surface area contributed by atoms with Crippen molar-refractivity contribution in [3.05, 3.63) is 47.1 Å². The highest BCUT2D eigenvalue weighted by Crippen LogP contribution is 2.25. The lowest BCUT2D eigenvalue weighted by molar-refractivity contribution is -0.145. The van der Waals surface area contributed by atoms with Gasteiger partial charge in [0.1, 0.15) is 6.10 Å². The average molecular weight is 331 g/mol. The van der Waals surface area contributed by atoms with Crippen LogP contribution in [0.4, 0.5) is 0 Å². The second-order valence-electron chi connectivity index (χ2n) is 7.32. The largest absolute Gasteiger partial charge is 0.458 e. The molecular formula is C22H34O2. The van der Waals surface area contributed by atoms with Crippen LogP contribution in [-0.2, 0) is 9.53 Å². The van der Waals surface area contributed by atoms with Crippen LogP contribution in [-0.4, -0.2) is 12.1 Å². The topological polar surface area (TPSA) is 26.3 Å². The van der Waals surface area contributed by atoms with Gasteiger partial charge in [-0.2, -0.15) is 0 Å². The van der Waals surface area contributed by atoms with Gasteiger partial charge >= 0.3 is 5.97 Å². The van der Waals surface area contributed by atoms with E-state index in [1.165, 1.54) is 23.6 Å². The first-order valence-corrected chi connectivity index (χ1v) is 9.14. The lowest BCUT2D eigenvalue weighted by atomic mass is 9.87. The maximum Gasteiger partial charge on any atom is 0.303 e. The molecule has 0 fully saturated rings. The Hall–Kier alpha value is -1.57. The molecule has 0 radical (unpaired) electrons. The summed E-state index contributed by atoms with van der Waals surface area (Å²) < 4.78 is 5.63. The van der Waals surface area contributed by atoms with Crippen LogP contribution in [0.2, 0.25) is 0 Å². The van der Waals surface area contributed by atoms with E-state index < -0.39 is 0 Å². The van der Waals surface area contributed by atoms with Gasteiger partial charge in [-0.05, 0) is 63.9 Å². The first-order valence-electron chi connectivity index (χ1n) is 9.14. The molecule has 0 bridgehead atoms. The predicted molar refractivity (Wildman–Crippen MR) is 103 cm³/mol. The Morgan fingerprint density at radius 2 is 1.88 bits per heavy atom. The van der Waals surface area contributed by atoms with E-state index in [0.29, 0.717) is 11.8 Å². The highest BCUT2D eigenvalue weighted by molar-refractivity contribution is 5.66. The number of ether oxygens (including phenoxy) is 1. The van der Waals surface area contributed by atoms with Crippen LogP contribution >= 0.6 is 0 Å². The molecule has 0 amide bonds. The Balaban J connectivity index is 3.11. The van der Waals surface area contributed by atoms with E-state index in [0.717, 1.165) is 25.7 Å². The molecule has 0 aliphatic heterocycles. The second-order valence-corrected chi connectivity index (χ2v) is 7.32. The highest BCUT2D eigenvalue weighted by atomic mass is 16.5. The van der Waals surface area contributed by atoms with Gasteiger partial charge in [-0.25, -0.2) is 0 Å². The summed E-state index contributed by atoms with van der Waals surface area (Å²) in [6.07, 6.45) is 15.1. The standard InChI is InChI=1S/C22H34O2/c1-16(2)21-14-13-18(4)10-7-9-17(3)11-8-12-19(5)22(15-21)24-20(6)23/h9-10,12-14,16,21-22H,7-8,11,15H2,1-6H3/b14-13+,17-9+,18-10-,19-12+/t21-,22+/m0/s1. The van der Waals surface area contributed by atoms with E-state index in [1.807, 2.05) is 0 Å². The summed E-state index contributed by atoms with van der Waals surface area (Å²) in [4.78, 5) is 11.5. The third-order valence-corrected chi connectivity index (χ3v) is 4.68. The quantitative estimate of drug-likeness (QED) is 0.448. The number of allylic oxidation sites excluding steroid dienone is 7. The van der Waals surface area contributed by atoms with Gasteiger partial charge in [-0.1, -0.05) is 55.4 Å². The lowest BCUT2D eigenvalue weighted by Crippen LogP contribution is -2.23. The summed E-state index contributed by atoms with van der Waals surface area (Å²) >= 11 is 0. The Kier molecular flexibility index (Phi) is 8.81. The first-order chi connectivity index (χ1) is 11.3.